The molecule has 1 aliphatic heterocycles. The van der Waals surface area contributed by atoms with E-state index in [2.05, 4.69) is 18.5 Å². The van der Waals surface area contributed by atoms with Crippen LogP contribution in [0.5, 0.6) is 0 Å². The third-order valence-electron chi connectivity index (χ3n) is 2.73. The molecule has 1 heterocycles. The molecule has 0 aromatic heterocycles. The molecule has 0 aromatic carbocycles. The highest BCUT2D eigenvalue weighted by molar-refractivity contribution is 7.98. The van der Waals surface area contributed by atoms with Crippen molar-refractivity contribution in [3.8, 4) is 0 Å². The van der Waals surface area contributed by atoms with Crippen LogP contribution >= 0.6 is 20.2 Å². The Hall–Kier alpha value is -0.810. The third-order valence-corrected chi connectivity index (χ3v) is 4.09. The van der Waals surface area contributed by atoms with Crippen LogP contribution in [0.1, 0.15) is 40.5 Å². The van der Waals surface area contributed by atoms with Gasteiger partial charge in [0.25, 0.3) is 0 Å². The third kappa shape index (κ3) is 9.26. The number of ether oxygens (including phenoxy) is 1. The van der Waals surface area contributed by atoms with E-state index >= 15 is 0 Å². The monoisotopic (exact) mass is 350 g/mol. The quantitative estimate of drug-likeness (QED) is 0.789. The molecule has 1 N–H and O–H groups in total. The van der Waals surface area contributed by atoms with Gasteiger partial charge in [-0.1, -0.05) is 6.92 Å². The highest BCUT2D eigenvalue weighted by Crippen LogP contribution is 2.25. The Labute approximate surface area is 138 Å². The van der Waals surface area contributed by atoms with Gasteiger partial charge in [-0.25, -0.2) is 4.79 Å². The molecule has 128 valence electrons. The summed E-state index contributed by atoms with van der Waals surface area (Å²) in [4.78, 5) is 24.7. The summed E-state index contributed by atoms with van der Waals surface area (Å²) in [5, 5.41) is 2.40. The average molecular weight is 350 g/mol. The Morgan fingerprint density at radius 3 is 2.45 bits per heavy atom. The summed E-state index contributed by atoms with van der Waals surface area (Å²) in [5.41, 5.74) is -0.586. The van der Waals surface area contributed by atoms with Gasteiger partial charge in [0.1, 0.15) is 17.9 Å². The highest BCUT2D eigenvalue weighted by atomic mass is 32.2. The van der Waals surface area contributed by atoms with E-state index in [0.29, 0.717) is 6.54 Å². The van der Waals surface area contributed by atoms with Crippen molar-refractivity contribution in [2.24, 2.45) is 0 Å². The maximum absolute atomic E-state index is 11.8. The number of nitrogens with one attached hydrogen (secondary N) is 1. The number of hydrogen-bond donors (Lipinski definition) is 1. The van der Waals surface area contributed by atoms with E-state index in [9.17, 15) is 14.2 Å². The molecule has 1 rings (SSSR count). The number of likely N-dealkylation sites (tertiary alicyclic amines) is 1. The molecule has 1 saturated heterocycles. The Morgan fingerprint density at radius 2 is 2.00 bits per heavy atom. The van der Waals surface area contributed by atoms with Crippen LogP contribution in [-0.4, -0.2) is 53.4 Å². The second-order valence-corrected chi connectivity index (χ2v) is 7.71. The van der Waals surface area contributed by atoms with Crippen LogP contribution in [0.3, 0.4) is 0 Å². The fourth-order valence-corrected chi connectivity index (χ4v) is 2.36. The van der Waals surface area contributed by atoms with E-state index in [1.165, 1.54) is 10.7 Å². The number of alkyl carbamates (subject to hydrolysis) is 1. The summed E-state index contributed by atoms with van der Waals surface area (Å²) < 4.78 is 15.9. The number of nitrogens with zero attached hydrogens (tertiary/aromatic N) is 1. The van der Waals surface area contributed by atoms with E-state index in [0.717, 1.165) is 12.8 Å². The Kier molecular flexibility index (Phi) is 10.4. The summed E-state index contributed by atoms with van der Waals surface area (Å²) in [6.45, 7) is 7.87. The maximum Gasteiger partial charge on any atom is 0.408 e. The van der Waals surface area contributed by atoms with E-state index in [1.54, 1.807) is 20.8 Å². The summed E-state index contributed by atoms with van der Waals surface area (Å²) in [6, 6.07) is 0. The smallest absolute Gasteiger partial charge is 0.408 e. The van der Waals surface area contributed by atoms with Crippen molar-refractivity contribution in [3.05, 3.63) is 0 Å². The van der Waals surface area contributed by atoms with Crippen LogP contribution in [0.25, 0.3) is 0 Å². The minimum Gasteiger partial charge on any atom is -0.444 e. The van der Waals surface area contributed by atoms with Crippen molar-refractivity contribution < 1.29 is 18.9 Å². The predicted octanol–water partition coefficient (Wildman–Crippen LogP) is 3.12. The molecule has 0 spiro atoms. The van der Waals surface area contributed by atoms with Crippen LogP contribution in [0.2, 0.25) is 0 Å². The molecule has 0 bridgehead atoms. The zero-order valence-electron chi connectivity index (χ0n) is 14.0. The van der Waals surface area contributed by atoms with Crippen LogP contribution in [-0.2, 0) is 14.1 Å². The van der Waals surface area contributed by atoms with Gasteiger partial charge in [0.2, 0.25) is 5.91 Å². The topological polar surface area (TPSA) is 75.7 Å². The summed E-state index contributed by atoms with van der Waals surface area (Å²) in [5.74, 6) is 0.754. The maximum atomic E-state index is 11.8. The fourth-order valence-electron chi connectivity index (χ4n) is 1.71. The highest BCUT2D eigenvalue weighted by Gasteiger charge is 2.29. The van der Waals surface area contributed by atoms with Crippen LogP contribution in [0, 0.1) is 0 Å². The van der Waals surface area contributed by atoms with Gasteiger partial charge in [-0.15, -0.1) is 0 Å². The molecule has 1 fully saturated rings. The lowest BCUT2D eigenvalue weighted by Gasteiger charge is -2.22. The number of carbonyl (C=O) groups is 2. The van der Waals surface area contributed by atoms with Crippen molar-refractivity contribution in [1.82, 2.24) is 10.2 Å². The molecule has 0 aromatic rings. The normalized spacial score (nSPS) is 17.7. The number of amides is 2. The van der Waals surface area contributed by atoms with Gasteiger partial charge in [-0.2, -0.15) is 11.8 Å². The van der Waals surface area contributed by atoms with Gasteiger partial charge in [0.05, 0.1) is 0 Å². The molecule has 0 saturated carbocycles. The molecule has 6 nitrogen and oxygen atoms in total. The number of thioether (sulfide) groups is 1. The van der Waals surface area contributed by atoms with Crippen molar-refractivity contribution in [1.29, 1.82) is 0 Å². The number of rotatable bonds is 4. The molecule has 2 amide bonds. The predicted molar refractivity (Wildman–Crippen MR) is 90.6 cm³/mol. The molecule has 22 heavy (non-hydrogen) atoms. The van der Waals surface area contributed by atoms with Crippen LogP contribution < -0.4 is 5.32 Å². The van der Waals surface area contributed by atoms with Crippen molar-refractivity contribution in [3.63, 3.8) is 0 Å². The van der Waals surface area contributed by atoms with Crippen molar-refractivity contribution in [2.75, 3.05) is 25.1 Å². The Bertz CT molecular complexity index is 372. The molecule has 0 aliphatic carbocycles. The summed E-state index contributed by atoms with van der Waals surface area (Å²) in [7, 11) is -0.0450. The SMILES string of the molecule is CC(C)(C)OC(=O)NCC(=O)N1CCC[C@H]1P=O.CCSC. The molecule has 8 heteroatoms. The Balaban J connectivity index is 0.000000980. The van der Waals surface area contributed by atoms with Crippen LogP contribution in [0.4, 0.5) is 4.79 Å². The summed E-state index contributed by atoms with van der Waals surface area (Å²) >= 11 is 1.86. The number of hydrogen-bond acceptors (Lipinski definition) is 5. The molecule has 1 atom stereocenters. The molecular weight excluding hydrogens is 323 g/mol. The van der Waals surface area contributed by atoms with E-state index in [1.807, 2.05) is 11.8 Å². The largest absolute Gasteiger partial charge is 0.444 e. The zero-order chi connectivity index (χ0) is 17.2. The zero-order valence-corrected chi connectivity index (χ0v) is 15.8. The van der Waals surface area contributed by atoms with E-state index in [4.69, 9.17) is 4.74 Å². The molecular formula is C14H27N2O4PS. The van der Waals surface area contributed by atoms with Crippen molar-refractivity contribution >= 4 is 32.2 Å². The van der Waals surface area contributed by atoms with Gasteiger partial charge < -0.3 is 15.0 Å². The minimum atomic E-state index is -0.619. The first-order valence-corrected chi connectivity index (χ1v) is 9.60. The molecule has 0 radical (unpaired) electrons. The Morgan fingerprint density at radius 1 is 1.41 bits per heavy atom. The number of carbonyl (C=O) groups excluding carboxylic acids is 2. The van der Waals surface area contributed by atoms with Gasteiger partial charge in [-0.05, 0) is 45.6 Å². The first-order valence-electron chi connectivity index (χ1n) is 7.32. The second-order valence-electron chi connectivity index (χ2n) is 5.75. The van der Waals surface area contributed by atoms with Gasteiger partial charge in [0, 0.05) is 6.54 Å². The lowest BCUT2D eigenvalue weighted by molar-refractivity contribution is -0.129. The fraction of sp³-hybridized carbons (Fsp3) is 0.857. The van der Waals surface area contributed by atoms with Crippen molar-refractivity contribution in [2.45, 2.75) is 51.9 Å². The molecule has 0 unspecified atom stereocenters. The lowest BCUT2D eigenvalue weighted by Crippen LogP contribution is -2.42. The standard InChI is InChI=1S/C11H19N2O4P.C3H8S/c1-11(2,3)17-10(15)12-7-8(14)13-6-4-5-9(13)18-16;1-3-4-2/h9H,4-7H2,1-3H3,(H,12,15);3H2,1-2H3/t9-;/m1./s1. The van der Waals surface area contributed by atoms with Gasteiger partial charge >= 0.3 is 6.09 Å². The average Bonchev–Trinajstić information content (AvgIpc) is 2.91. The minimum absolute atomic E-state index is 0.0450. The van der Waals surface area contributed by atoms with Crippen LogP contribution in [0.15, 0.2) is 0 Å². The second kappa shape index (κ2) is 10.8. The lowest BCUT2D eigenvalue weighted by atomic mass is 10.2. The van der Waals surface area contributed by atoms with Gasteiger partial charge in [-0.3, -0.25) is 9.36 Å². The molecule has 1 aliphatic rings. The van der Waals surface area contributed by atoms with E-state index < -0.39 is 11.7 Å². The van der Waals surface area contributed by atoms with E-state index in [-0.39, 0.29) is 26.7 Å². The first kappa shape index (κ1) is 21.2. The van der Waals surface area contributed by atoms with Gasteiger partial charge in [0.15, 0.2) is 8.46 Å². The summed E-state index contributed by atoms with van der Waals surface area (Å²) in [6.07, 6.45) is 3.06. The first-order chi connectivity index (χ1) is 10.2.